The van der Waals surface area contributed by atoms with E-state index in [1.807, 2.05) is 0 Å². The summed E-state index contributed by atoms with van der Waals surface area (Å²) in [5.41, 5.74) is -0.185. The van der Waals surface area contributed by atoms with Gasteiger partial charge < -0.3 is 15.2 Å². The number of nitrogens with one attached hydrogen (secondary N) is 1. The lowest BCUT2D eigenvalue weighted by molar-refractivity contribution is 0.00684. The third kappa shape index (κ3) is 3.62. The molecule has 2 rings (SSSR count). The van der Waals surface area contributed by atoms with Gasteiger partial charge in [0, 0.05) is 18.2 Å². The van der Waals surface area contributed by atoms with Crippen molar-refractivity contribution in [2.45, 2.75) is 56.5 Å². The number of hydrogen-bond donors (Lipinski definition) is 2. The summed E-state index contributed by atoms with van der Waals surface area (Å²) in [6.07, 6.45) is 3.89. The Morgan fingerprint density at radius 1 is 1.33 bits per heavy atom. The lowest BCUT2D eigenvalue weighted by Crippen LogP contribution is -2.52. The van der Waals surface area contributed by atoms with Crippen LogP contribution in [0.4, 0.5) is 8.78 Å². The molecular weight excluding hydrogens is 240 g/mol. The van der Waals surface area contributed by atoms with E-state index in [1.54, 1.807) is 0 Å². The van der Waals surface area contributed by atoms with Gasteiger partial charge in [-0.1, -0.05) is 6.42 Å². The first kappa shape index (κ1) is 14.2. The van der Waals surface area contributed by atoms with E-state index in [9.17, 15) is 13.9 Å². The molecule has 5 heteroatoms. The van der Waals surface area contributed by atoms with Crippen LogP contribution in [0.1, 0.15) is 38.5 Å². The van der Waals surface area contributed by atoms with E-state index in [-0.39, 0.29) is 12.1 Å². The average molecular weight is 263 g/mol. The molecular formula is C13H23F2NO2. The third-order valence-corrected chi connectivity index (χ3v) is 4.16. The van der Waals surface area contributed by atoms with Crippen molar-refractivity contribution in [1.82, 2.24) is 5.32 Å². The Morgan fingerprint density at radius 3 is 2.72 bits per heavy atom. The molecule has 2 unspecified atom stereocenters. The molecule has 0 aromatic rings. The van der Waals surface area contributed by atoms with Gasteiger partial charge >= 0.3 is 0 Å². The van der Waals surface area contributed by atoms with Gasteiger partial charge in [0.05, 0.1) is 6.61 Å². The first-order valence-corrected chi connectivity index (χ1v) is 6.91. The van der Waals surface area contributed by atoms with Crippen molar-refractivity contribution in [3.8, 4) is 0 Å². The molecule has 2 aliphatic rings. The van der Waals surface area contributed by atoms with Crippen molar-refractivity contribution >= 4 is 0 Å². The van der Waals surface area contributed by atoms with E-state index in [0.29, 0.717) is 18.6 Å². The quantitative estimate of drug-likeness (QED) is 0.658. The summed E-state index contributed by atoms with van der Waals surface area (Å²) < 4.78 is 28.9. The van der Waals surface area contributed by atoms with Crippen molar-refractivity contribution in [3.05, 3.63) is 0 Å². The lowest BCUT2D eigenvalue weighted by atomic mass is 9.85. The van der Waals surface area contributed by atoms with Crippen molar-refractivity contribution in [3.63, 3.8) is 0 Å². The third-order valence-electron chi connectivity index (χ3n) is 4.16. The summed E-state index contributed by atoms with van der Waals surface area (Å²) in [6.45, 7) is 0.0288. The molecule has 2 fully saturated rings. The molecule has 2 atom stereocenters. The maximum absolute atomic E-state index is 12.0. The SMILES string of the molecule is OCC1(NC2CC2)CCCC1CCOCC(F)F. The summed E-state index contributed by atoms with van der Waals surface area (Å²) in [5, 5.41) is 13.2. The summed E-state index contributed by atoms with van der Waals surface area (Å²) in [5.74, 6) is 0.348. The van der Waals surface area contributed by atoms with E-state index >= 15 is 0 Å². The molecule has 2 aliphatic carbocycles. The molecule has 106 valence electrons. The molecule has 3 nitrogen and oxygen atoms in total. The van der Waals surface area contributed by atoms with E-state index in [4.69, 9.17) is 4.74 Å². The summed E-state index contributed by atoms with van der Waals surface area (Å²) in [4.78, 5) is 0. The number of alkyl halides is 2. The minimum atomic E-state index is -2.39. The zero-order chi connectivity index (χ0) is 13.0. The highest BCUT2D eigenvalue weighted by molar-refractivity contribution is 5.02. The predicted molar refractivity (Wildman–Crippen MR) is 64.8 cm³/mol. The molecule has 0 radical (unpaired) electrons. The second kappa shape index (κ2) is 6.26. The number of halogens is 2. The van der Waals surface area contributed by atoms with Crippen LogP contribution in [0.25, 0.3) is 0 Å². The zero-order valence-electron chi connectivity index (χ0n) is 10.7. The monoisotopic (exact) mass is 263 g/mol. The second-order valence-electron chi connectivity index (χ2n) is 5.58. The zero-order valence-corrected chi connectivity index (χ0v) is 10.7. The second-order valence-corrected chi connectivity index (χ2v) is 5.58. The van der Waals surface area contributed by atoms with Gasteiger partial charge in [0.1, 0.15) is 6.61 Å². The maximum atomic E-state index is 12.0. The van der Waals surface area contributed by atoms with Gasteiger partial charge in [-0.3, -0.25) is 0 Å². The van der Waals surface area contributed by atoms with Gasteiger partial charge in [0.15, 0.2) is 0 Å². The van der Waals surface area contributed by atoms with Crippen LogP contribution in [-0.4, -0.2) is 42.9 Å². The molecule has 0 aliphatic heterocycles. The molecule has 0 spiro atoms. The largest absolute Gasteiger partial charge is 0.394 e. The normalized spacial score (nSPS) is 32.3. The topological polar surface area (TPSA) is 41.5 Å². The van der Waals surface area contributed by atoms with Gasteiger partial charge in [-0.15, -0.1) is 0 Å². The average Bonchev–Trinajstić information content (AvgIpc) is 3.05. The van der Waals surface area contributed by atoms with Crippen molar-refractivity contribution in [1.29, 1.82) is 0 Å². The minimum Gasteiger partial charge on any atom is -0.394 e. The molecule has 2 N–H and O–H groups in total. The van der Waals surface area contributed by atoms with Crippen molar-refractivity contribution in [2.24, 2.45) is 5.92 Å². The first-order valence-electron chi connectivity index (χ1n) is 6.91. The Hall–Kier alpha value is -0.260. The smallest absolute Gasteiger partial charge is 0.261 e. The summed E-state index contributed by atoms with van der Waals surface area (Å²) in [6, 6.07) is 0.555. The fraction of sp³-hybridized carbons (Fsp3) is 1.00. The van der Waals surface area contributed by atoms with E-state index in [2.05, 4.69) is 5.32 Å². The first-order chi connectivity index (χ1) is 8.66. The van der Waals surface area contributed by atoms with Crippen LogP contribution in [0, 0.1) is 5.92 Å². The Balaban J connectivity index is 1.77. The van der Waals surface area contributed by atoms with E-state index in [1.165, 1.54) is 12.8 Å². The fourth-order valence-corrected chi connectivity index (χ4v) is 3.04. The highest BCUT2D eigenvalue weighted by atomic mass is 19.3. The highest BCUT2D eigenvalue weighted by Crippen LogP contribution is 2.40. The van der Waals surface area contributed by atoms with Crippen LogP contribution >= 0.6 is 0 Å². The van der Waals surface area contributed by atoms with Crippen LogP contribution in [0.2, 0.25) is 0 Å². The van der Waals surface area contributed by atoms with Crippen LogP contribution in [-0.2, 0) is 4.74 Å². The molecule has 0 bridgehead atoms. The van der Waals surface area contributed by atoms with Crippen LogP contribution in [0.15, 0.2) is 0 Å². The molecule has 0 heterocycles. The Bertz CT molecular complexity index is 261. The van der Waals surface area contributed by atoms with E-state index < -0.39 is 13.0 Å². The summed E-state index contributed by atoms with van der Waals surface area (Å²) in [7, 11) is 0. The fourth-order valence-electron chi connectivity index (χ4n) is 3.04. The highest BCUT2D eigenvalue weighted by Gasteiger charge is 2.44. The van der Waals surface area contributed by atoms with Gasteiger partial charge in [-0.05, 0) is 38.0 Å². The molecule has 0 amide bonds. The van der Waals surface area contributed by atoms with Crippen LogP contribution in [0.3, 0.4) is 0 Å². The molecule has 0 saturated heterocycles. The number of aliphatic hydroxyl groups is 1. The maximum Gasteiger partial charge on any atom is 0.261 e. The Morgan fingerprint density at radius 2 is 2.11 bits per heavy atom. The van der Waals surface area contributed by atoms with Crippen LogP contribution < -0.4 is 5.32 Å². The van der Waals surface area contributed by atoms with Gasteiger partial charge in [0.25, 0.3) is 6.43 Å². The van der Waals surface area contributed by atoms with Gasteiger partial charge in [-0.2, -0.15) is 0 Å². The molecule has 2 saturated carbocycles. The standard InChI is InChI=1S/C13H23F2NO2/c14-12(15)8-18-7-5-10-2-1-6-13(10,9-17)16-11-3-4-11/h10-12,16-17H,1-9H2. The van der Waals surface area contributed by atoms with Gasteiger partial charge in [0.2, 0.25) is 0 Å². The van der Waals surface area contributed by atoms with Crippen molar-refractivity contribution in [2.75, 3.05) is 19.8 Å². The molecule has 18 heavy (non-hydrogen) atoms. The minimum absolute atomic E-state index is 0.142. The lowest BCUT2D eigenvalue weighted by Gasteiger charge is -2.35. The molecule has 0 aromatic heterocycles. The molecule has 0 aromatic carbocycles. The number of aliphatic hydroxyl groups excluding tert-OH is 1. The number of rotatable bonds is 8. The number of ether oxygens (including phenoxy) is 1. The van der Waals surface area contributed by atoms with Gasteiger partial charge in [-0.25, -0.2) is 8.78 Å². The Labute approximate surface area is 107 Å². The van der Waals surface area contributed by atoms with Crippen LogP contribution in [0.5, 0.6) is 0 Å². The number of hydrogen-bond acceptors (Lipinski definition) is 3. The Kier molecular flexibility index (Phi) is 4.92. The van der Waals surface area contributed by atoms with E-state index in [0.717, 1.165) is 25.7 Å². The predicted octanol–water partition coefficient (Wildman–Crippen LogP) is 1.94. The van der Waals surface area contributed by atoms with Crippen molar-refractivity contribution < 1.29 is 18.6 Å². The summed E-state index contributed by atoms with van der Waals surface area (Å²) >= 11 is 0.